The van der Waals surface area contributed by atoms with E-state index in [-0.39, 0.29) is 0 Å². The average molecular weight is 588 g/mol. The van der Waals surface area contributed by atoms with Crippen LogP contribution in [-0.4, -0.2) is 9.97 Å². The third-order valence-electron chi connectivity index (χ3n) is 7.57. The molecule has 0 amide bonds. The highest BCUT2D eigenvalue weighted by Gasteiger charge is 2.14. The van der Waals surface area contributed by atoms with Crippen LogP contribution < -0.4 is 4.90 Å². The lowest BCUT2D eigenvalue weighted by Gasteiger charge is -2.25. The Labute approximate surface area is 258 Å². The summed E-state index contributed by atoms with van der Waals surface area (Å²) in [7, 11) is 0. The van der Waals surface area contributed by atoms with E-state index in [1.807, 2.05) is 12.1 Å². The van der Waals surface area contributed by atoms with Gasteiger partial charge in [-0.3, -0.25) is 0 Å². The molecule has 5 heteroatoms. The molecule has 0 saturated heterocycles. The number of hydrogen-bond acceptors (Lipinski definition) is 5. The highest BCUT2D eigenvalue weighted by molar-refractivity contribution is 7.22. The Hall–Kier alpha value is -5.10. The Bertz CT molecular complexity index is 2100. The lowest BCUT2D eigenvalue weighted by molar-refractivity contribution is 1.28. The van der Waals surface area contributed by atoms with Gasteiger partial charge < -0.3 is 4.90 Å². The molecule has 0 spiro atoms. The van der Waals surface area contributed by atoms with E-state index in [2.05, 4.69) is 144 Å². The van der Waals surface area contributed by atoms with E-state index in [1.165, 1.54) is 20.5 Å². The second-order valence-electron chi connectivity index (χ2n) is 10.3. The van der Waals surface area contributed by atoms with Gasteiger partial charge >= 0.3 is 0 Å². The highest BCUT2D eigenvalue weighted by atomic mass is 32.1. The van der Waals surface area contributed by atoms with Crippen molar-refractivity contribution in [1.82, 2.24) is 9.97 Å². The normalized spacial score (nSPS) is 11.3. The molecule has 0 unspecified atom stereocenters. The minimum atomic E-state index is 1.04. The fraction of sp³-hybridized carbons (Fsp3) is 0. The molecule has 204 valence electrons. The van der Waals surface area contributed by atoms with Crippen LogP contribution in [0.5, 0.6) is 0 Å². The number of rotatable bonds is 6. The molecule has 2 heterocycles. The summed E-state index contributed by atoms with van der Waals surface area (Å²) in [5.41, 5.74) is 10.1. The molecule has 0 fully saturated rings. The molecule has 43 heavy (non-hydrogen) atoms. The maximum absolute atomic E-state index is 4.85. The van der Waals surface area contributed by atoms with E-state index in [1.54, 1.807) is 22.7 Å². The van der Waals surface area contributed by atoms with E-state index in [0.717, 1.165) is 49.2 Å². The number of hydrogen-bond donors (Lipinski definition) is 0. The monoisotopic (exact) mass is 587 g/mol. The Morgan fingerprint density at radius 2 is 0.721 bits per heavy atom. The summed E-state index contributed by atoms with van der Waals surface area (Å²) in [5.74, 6) is 0. The van der Waals surface area contributed by atoms with Crippen molar-refractivity contribution in [3.8, 4) is 32.3 Å². The van der Waals surface area contributed by atoms with Gasteiger partial charge in [-0.25, -0.2) is 9.97 Å². The SMILES string of the molecule is c1ccc(N(c2ccc(-c3ccc(-c4nc5ccccc5s4)cc3)cc2)c2ccc(-c3nc4ccccc4s3)cc2)cc1. The Morgan fingerprint density at radius 1 is 0.349 bits per heavy atom. The quantitative estimate of drug-likeness (QED) is 0.194. The molecule has 0 N–H and O–H groups in total. The van der Waals surface area contributed by atoms with Gasteiger partial charge in [-0.15, -0.1) is 22.7 Å². The van der Waals surface area contributed by atoms with Crippen LogP contribution in [0.4, 0.5) is 17.1 Å². The summed E-state index contributed by atoms with van der Waals surface area (Å²) in [4.78, 5) is 12.0. The van der Waals surface area contributed by atoms with Crippen molar-refractivity contribution in [1.29, 1.82) is 0 Å². The van der Waals surface area contributed by atoms with Gasteiger partial charge in [-0.05, 0) is 83.9 Å². The smallest absolute Gasteiger partial charge is 0.124 e. The highest BCUT2D eigenvalue weighted by Crippen LogP contribution is 2.38. The van der Waals surface area contributed by atoms with Gasteiger partial charge in [-0.2, -0.15) is 0 Å². The number of nitrogens with zero attached hydrogens (tertiary/aromatic N) is 3. The summed E-state index contributed by atoms with van der Waals surface area (Å²) in [6.45, 7) is 0. The number of anilines is 3. The van der Waals surface area contributed by atoms with E-state index in [0.29, 0.717) is 0 Å². The van der Waals surface area contributed by atoms with Gasteiger partial charge in [0.25, 0.3) is 0 Å². The van der Waals surface area contributed by atoms with Gasteiger partial charge in [0.05, 0.1) is 20.4 Å². The van der Waals surface area contributed by atoms with Gasteiger partial charge in [0.2, 0.25) is 0 Å². The predicted molar refractivity (Wildman–Crippen MR) is 184 cm³/mol. The predicted octanol–water partition coefficient (Wildman–Crippen LogP) is 11.4. The number of para-hydroxylation sites is 3. The topological polar surface area (TPSA) is 29.0 Å². The first-order valence-electron chi connectivity index (χ1n) is 14.2. The fourth-order valence-electron chi connectivity index (χ4n) is 5.38. The van der Waals surface area contributed by atoms with Crippen LogP contribution in [-0.2, 0) is 0 Å². The Balaban J connectivity index is 1.08. The lowest BCUT2D eigenvalue weighted by atomic mass is 10.0. The molecule has 0 aliphatic carbocycles. The first-order chi connectivity index (χ1) is 21.3. The van der Waals surface area contributed by atoms with E-state index in [9.17, 15) is 0 Å². The minimum absolute atomic E-state index is 1.04. The van der Waals surface area contributed by atoms with E-state index in [4.69, 9.17) is 9.97 Å². The lowest BCUT2D eigenvalue weighted by Crippen LogP contribution is -2.09. The molecule has 0 atom stereocenters. The van der Waals surface area contributed by atoms with Crippen molar-refractivity contribution < 1.29 is 0 Å². The van der Waals surface area contributed by atoms with Crippen molar-refractivity contribution in [3.63, 3.8) is 0 Å². The third-order valence-corrected chi connectivity index (χ3v) is 9.74. The van der Waals surface area contributed by atoms with E-state index >= 15 is 0 Å². The fourth-order valence-corrected chi connectivity index (χ4v) is 7.32. The number of aromatic nitrogens is 2. The van der Waals surface area contributed by atoms with Crippen LogP contribution in [0.25, 0.3) is 52.7 Å². The summed E-state index contributed by atoms with van der Waals surface area (Å²) < 4.78 is 2.42. The second-order valence-corrected chi connectivity index (χ2v) is 12.4. The van der Waals surface area contributed by atoms with Gasteiger partial charge in [-0.1, -0.05) is 78.9 Å². The number of benzene rings is 6. The Kier molecular flexibility index (Phi) is 6.52. The Morgan fingerprint density at radius 3 is 1.21 bits per heavy atom. The first-order valence-corrected chi connectivity index (χ1v) is 15.8. The maximum atomic E-state index is 4.85. The largest absolute Gasteiger partial charge is 0.311 e. The van der Waals surface area contributed by atoms with Crippen LogP contribution >= 0.6 is 22.7 Å². The first kappa shape index (κ1) is 25.6. The number of thiazole rings is 2. The van der Waals surface area contributed by atoms with Gasteiger partial charge in [0.15, 0.2) is 0 Å². The number of fused-ring (bicyclic) bond motifs is 2. The zero-order valence-corrected chi connectivity index (χ0v) is 24.7. The molecule has 0 aliphatic heterocycles. The average Bonchev–Trinajstić information content (AvgIpc) is 3.71. The molecule has 3 nitrogen and oxygen atoms in total. The van der Waals surface area contributed by atoms with Crippen molar-refractivity contribution in [2.75, 3.05) is 4.90 Å². The molecule has 0 saturated carbocycles. The molecule has 0 aliphatic rings. The molecule has 8 rings (SSSR count). The van der Waals surface area contributed by atoms with E-state index < -0.39 is 0 Å². The summed E-state index contributed by atoms with van der Waals surface area (Å²) in [5, 5.41) is 2.09. The molecule has 0 bridgehead atoms. The van der Waals surface area contributed by atoms with Crippen molar-refractivity contribution in [2.24, 2.45) is 0 Å². The summed E-state index contributed by atoms with van der Waals surface area (Å²) in [6, 6.07) is 53.3. The van der Waals surface area contributed by atoms with Gasteiger partial charge in [0.1, 0.15) is 10.0 Å². The molecular formula is C38H25N3S2. The van der Waals surface area contributed by atoms with Crippen LogP contribution in [0.2, 0.25) is 0 Å². The molecule has 6 aromatic carbocycles. The summed E-state index contributed by atoms with van der Waals surface area (Å²) in [6.07, 6.45) is 0. The van der Waals surface area contributed by atoms with Crippen LogP contribution in [0.1, 0.15) is 0 Å². The standard InChI is InChI=1S/C38H25N3S2/c1-2-8-30(9-3-1)41(32-24-20-29(21-25-32)38-40-34-11-5-7-13-36(34)43-38)31-22-18-27(19-23-31)26-14-16-28(17-15-26)37-39-33-10-4-6-12-35(33)42-37/h1-25H. The molecule has 8 aromatic rings. The second kappa shape index (κ2) is 11.0. The van der Waals surface area contributed by atoms with Crippen molar-refractivity contribution in [2.45, 2.75) is 0 Å². The molecule has 0 radical (unpaired) electrons. The van der Waals surface area contributed by atoms with Crippen LogP contribution in [0.3, 0.4) is 0 Å². The van der Waals surface area contributed by atoms with Gasteiger partial charge in [0, 0.05) is 28.2 Å². The zero-order valence-electron chi connectivity index (χ0n) is 23.1. The third kappa shape index (κ3) is 4.99. The van der Waals surface area contributed by atoms with Crippen LogP contribution in [0, 0.1) is 0 Å². The maximum Gasteiger partial charge on any atom is 0.124 e. The minimum Gasteiger partial charge on any atom is -0.311 e. The molecule has 2 aromatic heterocycles. The van der Waals surface area contributed by atoms with Crippen molar-refractivity contribution in [3.05, 3.63) is 152 Å². The zero-order chi connectivity index (χ0) is 28.6. The summed E-state index contributed by atoms with van der Waals surface area (Å²) >= 11 is 3.46. The van der Waals surface area contributed by atoms with Crippen molar-refractivity contribution >= 4 is 60.2 Å². The van der Waals surface area contributed by atoms with Crippen LogP contribution in [0.15, 0.2) is 152 Å². The molecular weight excluding hydrogens is 563 g/mol.